The van der Waals surface area contributed by atoms with Crippen LogP contribution in [0.15, 0.2) is 48.5 Å². The van der Waals surface area contributed by atoms with Crippen LogP contribution in [-0.4, -0.2) is 22.5 Å². The lowest BCUT2D eigenvalue weighted by Crippen LogP contribution is -2.21. The van der Waals surface area contributed by atoms with Crippen LogP contribution in [0.3, 0.4) is 0 Å². The van der Waals surface area contributed by atoms with Crippen LogP contribution in [0.2, 0.25) is 0 Å². The van der Waals surface area contributed by atoms with Crippen molar-refractivity contribution in [3.05, 3.63) is 59.9 Å². The Hall–Kier alpha value is -3.16. The van der Waals surface area contributed by atoms with Crippen LogP contribution in [0.4, 0.5) is 18.9 Å². The minimum atomic E-state index is -4.48. The second-order valence-corrected chi connectivity index (χ2v) is 5.51. The highest BCUT2D eigenvalue weighted by Crippen LogP contribution is 2.30. The summed E-state index contributed by atoms with van der Waals surface area (Å²) in [6.07, 6.45) is -4.48. The molecule has 2 aromatic carbocycles. The van der Waals surface area contributed by atoms with Crippen LogP contribution in [0.5, 0.6) is 5.88 Å². The molecule has 1 N–H and O–H groups in total. The van der Waals surface area contributed by atoms with E-state index in [2.05, 4.69) is 15.3 Å². The van der Waals surface area contributed by atoms with Crippen molar-refractivity contribution in [1.82, 2.24) is 9.97 Å². The molecule has 8 heteroatoms. The number of hydrogen-bond donors (Lipinski definition) is 1. The van der Waals surface area contributed by atoms with Gasteiger partial charge in [-0.05, 0) is 37.3 Å². The van der Waals surface area contributed by atoms with Gasteiger partial charge in [0.2, 0.25) is 5.88 Å². The number of nitrogens with one attached hydrogen (secondary N) is 1. The molecule has 0 aliphatic carbocycles. The molecule has 1 heterocycles. The molecule has 3 aromatic rings. The molecule has 0 aliphatic rings. The summed E-state index contributed by atoms with van der Waals surface area (Å²) in [7, 11) is 0. The highest BCUT2D eigenvalue weighted by atomic mass is 19.4. The first-order valence-corrected chi connectivity index (χ1v) is 7.66. The number of aryl methyl sites for hydroxylation is 1. The van der Waals surface area contributed by atoms with E-state index in [-0.39, 0.29) is 11.6 Å². The first kappa shape index (κ1) is 17.7. The monoisotopic (exact) mass is 361 g/mol. The quantitative estimate of drug-likeness (QED) is 0.764. The highest BCUT2D eigenvalue weighted by molar-refractivity contribution is 5.92. The maximum Gasteiger partial charge on any atom is 0.416 e. The zero-order chi connectivity index (χ0) is 18.7. The maximum atomic E-state index is 12.7. The average molecular weight is 361 g/mol. The van der Waals surface area contributed by atoms with Gasteiger partial charge < -0.3 is 10.1 Å². The van der Waals surface area contributed by atoms with E-state index in [1.807, 2.05) is 6.07 Å². The van der Waals surface area contributed by atoms with E-state index >= 15 is 0 Å². The second kappa shape index (κ2) is 6.99. The van der Waals surface area contributed by atoms with Crippen molar-refractivity contribution in [1.29, 1.82) is 0 Å². The van der Waals surface area contributed by atoms with Crippen molar-refractivity contribution < 1.29 is 22.7 Å². The van der Waals surface area contributed by atoms with Gasteiger partial charge in [-0.3, -0.25) is 4.79 Å². The molecule has 0 saturated carbocycles. The van der Waals surface area contributed by atoms with Crippen molar-refractivity contribution in [2.75, 3.05) is 11.9 Å². The molecule has 0 bridgehead atoms. The predicted molar refractivity (Wildman–Crippen MR) is 89.8 cm³/mol. The number of fused-ring (bicyclic) bond motifs is 1. The average Bonchev–Trinajstić information content (AvgIpc) is 2.59. The van der Waals surface area contributed by atoms with Gasteiger partial charge in [0.15, 0.2) is 6.61 Å². The Morgan fingerprint density at radius 1 is 1.12 bits per heavy atom. The molecule has 5 nitrogen and oxygen atoms in total. The summed E-state index contributed by atoms with van der Waals surface area (Å²) in [5.41, 5.74) is -0.126. The zero-order valence-corrected chi connectivity index (χ0v) is 13.7. The summed E-state index contributed by atoms with van der Waals surface area (Å²) < 4.78 is 43.6. The minimum absolute atomic E-state index is 0.0390. The van der Waals surface area contributed by atoms with Gasteiger partial charge in [-0.25, -0.2) is 4.98 Å². The van der Waals surface area contributed by atoms with E-state index in [0.29, 0.717) is 16.7 Å². The molecule has 0 spiro atoms. The Morgan fingerprint density at radius 3 is 2.65 bits per heavy atom. The molecular weight excluding hydrogens is 347 g/mol. The van der Waals surface area contributed by atoms with Crippen molar-refractivity contribution in [2.24, 2.45) is 0 Å². The molecule has 1 amide bonds. The molecule has 0 saturated heterocycles. The predicted octanol–water partition coefficient (Wildman–Crippen LogP) is 3.97. The third-order valence-corrected chi connectivity index (χ3v) is 3.49. The fourth-order valence-electron chi connectivity index (χ4n) is 2.37. The number of nitrogens with zero attached hydrogens (tertiary/aromatic N) is 2. The van der Waals surface area contributed by atoms with E-state index in [9.17, 15) is 18.0 Å². The molecule has 0 fully saturated rings. The number of hydrogen-bond acceptors (Lipinski definition) is 4. The summed E-state index contributed by atoms with van der Waals surface area (Å²) in [4.78, 5) is 20.4. The Balaban J connectivity index is 1.70. The number of alkyl halides is 3. The van der Waals surface area contributed by atoms with Crippen molar-refractivity contribution in [3.63, 3.8) is 0 Å². The van der Waals surface area contributed by atoms with Gasteiger partial charge in [0.05, 0.1) is 16.5 Å². The molecule has 0 atom stereocenters. The molecule has 134 valence electrons. The molecule has 26 heavy (non-hydrogen) atoms. The Morgan fingerprint density at radius 2 is 1.88 bits per heavy atom. The smallest absolute Gasteiger partial charge is 0.416 e. The largest absolute Gasteiger partial charge is 0.467 e. The first-order valence-electron chi connectivity index (χ1n) is 7.66. The topological polar surface area (TPSA) is 64.1 Å². The number of ether oxygens (including phenoxy) is 1. The van der Waals surface area contributed by atoms with Gasteiger partial charge in [-0.2, -0.15) is 18.2 Å². The summed E-state index contributed by atoms with van der Waals surface area (Å²) in [6, 6.07) is 11.5. The Kier molecular flexibility index (Phi) is 4.75. The van der Waals surface area contributed by atoms with Gasteiger partial charge in [0.25, 0.3) is 5.91 Å². The molecule has 0 unspecified atom stereocenters. The van der Waals surface area contributed by atoms with Crippen LogP contribution in [-0.2, 0) is 11.0 Å². The third-order valence-electron chi connectivity index (χ3n) is 3.49. The lowest BCUT2D eigenvalue weighted by atomic mass is 10.2. The van der Waals surface area contributed by atoms with Gasteiger partial charge >= 0.3 is 6.18 Å². The molecule has 0 aliphatic heterocycles. The molecule has 1 aromatic heterocycles. The van der Waals surface area contributed by atoms with Crippen LogP contribution < -0.4 is 10.1 Å². The lowest BCUT2D eigenvalue weighted by Gasteiger charge is -2.11. The minimum Gasteiger partial charge on any atom is -0.467 e. The van der Waals surface area contributed by atoms with E-state index in [0.717, 1.165) is 12.1 Å². The number of aromatic nitrogens is 2. The summed E-state index contributed by atoms with van der Waals surface area (Å²) in [5, 5.41) is 3.02. The van der Waals surface area contributed by atoms with Gasteiger partial charge in [0.1, 0.15) is 5.82 Å². The van der Waals surface area contributed by atoms with E-state index < -0.39 is 24.3 Å². The Labute approximate surface area is 146 Å². The molecule has 3 rings (SSSR count). The number of anilines is 1. The number of benzene rings is 2. The number of rotatable bonds is 4. The number of carbonyl (C=O) groups excluding carboxylic acids is 1. The summed E-state index contributed by atoms with van der Waals surface area (Å²) in [5.74, 6) is 0.133. The fourth-order valence-corrected chi connectivity index (χ4v) is 2.37. The van der Waals surface area contributed by atoms with Gasteiger partial charge in [-0.15, -0.1) is 0 Å². The van der Waals surface area contributed by atoms with E-state index in [1.54, 1.807) is 25.1 Å². The zero-order valence-electron chi connectivity index (χ0n) is 13.7. The van der Waals surface area contributed by atoms with Gasteiger partial charge in [-0.1, -0.05) is 18.2 Å². The van der Waals surface area contributed by atoms with Crippen LogP contribution in [0, 0.1) is 6.92 Å². The normalized spacial score (nSPS) is 11.4. The first-order chi connectivity index (χ1) is 12.3. The van der Waals surface area contributed by atoms with Crippen LogP contribution >= 0.6 is 0 Å². The van der Waals surface area contributed by atoms with E-state index in [4.69, 9.17) is 4.74 Å². The highest BCUT2D eigenvalue weighted by Gasteiger charge is 2.30. The number of amides is 1. The van der Waals surface area contributed by atoms with Crippen LogP contribution in [0.25, 0.3) is 10.9 Å². The van der Waals surface area contributed by atoms with Gasteiger partial charge in [0, 0.05) is 5.69 Å². The summed E-state index contributed by atoms with van der Waals surface area (Å²) >= 11 is 0. The van der Waals surface area contributed by atoms with E-state index in [1.165, 1.54) is 12.1 Å². The lowest BCUT2D eigenvalue weighted by molar-refractivity contribution is -0.137. The standard InChI is InChI=1S/C18H14F3N3O2/c1-11-22-15-8-3-2-7-14(15)17(23-11)26-10-16(25)24-13-6-4-5-12(9-13)18(19,20)21/h2-9H,10H2,1H3,(H,24,25). The molecular formula is C18H14F3N3O2. The number of halogens is 3. The third kappa shape index (κ3) is 4.08. The molecule has 0 radical (unpaired) electrons. The van der Waals surface area contributed by atoms with Crippen molar-refractivity contribution in [2.45, 2.75) is 13.1 Å². The van der Waals surface area contributed by atoms with Crippen molar-refractivity contribution in [3.8, 4) is 5.88 Å². The van der Waals surface area contributed by atoms with Crippen LogP contribution in [0.1, 0.15) is 11.4 Å². The SMILES string of the molecule is Cc1nc(OCC(=O)Nc2cccc(C(F)(F)F)c2)c2ccccc2n1. The fraction of sp³-hybridized carbons (Fsp3) is 0.167. The van der Waals surface area contributed by atoms with Crippen molar-refractivity contribution >= 4 is 22.5 Å². The number of carbonyl (C=O) groups is 1. The summed E-state index contributed by atoms with van der Waals surface area (Å²) in [6.45, 7) is 1.30. The Bertz CT molecular complexity index is 958. The number of para-hydroxylation sites is 1. The maximum absolute atomic E-state index is 12.7. The second-order valence-electron chi connectivity index (χ2n) is 5.51.